The number of nitriles is 1. The average Bonchev–Trinajstić information content (AvgIpc) is 1.94. The summed E-state index contributed by atoms with van der Waals surface area (Å²) in [5.74, 6) is 0. The molecule has 10 heavy (non-hydrogen) atoms. The van der Waals surface area contributed by atoms with Crippen molar-refractivity contribution in [3.05, 3.63) is 40.7 Å². The first-order valence-corrected chi connectivity index (χ1v) is 3.55. The lowest BCUT2D eigenvalue weighted by atomic mass is 10.1. The molecule has 0 aromatic heterocycles. The van der Waals surface area contributed by atoms with E-state index in [0.717, 1.165) is 10.0 Å². The van der Waals surface area contributed by atoms with E-state index in [4.69, 9.17) is 5.26 Å². The van der Waals surface area contributed by atoms with Gasteiger partial charge in [-0.1, -0.05) is 22.0 Å². The summed E-state index contributed by atoms with van der Waals surface area (Å²) < 4.78 is 0.913. The second-order valence-corrected chi connectivity index (χ2v) is 2.83. The number of rotatable bonds is 0. The molecule has 1 radical (unpaired) electrons. The van der Waals surface area contributed by atoms with Crippen molar-refractivity contribution in [3.8, 4) is 6.07 Å². The van der Waals surface area contributed by atoms with Crippen LogP contribution in [0.3, 0.4) is 0 Å². The molecule has 2 heteroatoms. The molecule has 0 atom stereocenters. The summed E-state index contributed by atoms with van der Waals surface area (Å²) in [6.07, 6.45) is 0. The molecule has 1 aromatic carbocycles. The molecule has 1 nitrogen and oxygen atoms in total. The molecule has 0 fully saturated rings. The van der Waals surface area contributed by atoms with Crippen molar-refractivity contribution in [2.75, 3.05) is 0 Å². The molecule has 0 saturated carbocycles. The highest BCUT2D eigenvalue weighted by molar-refractivity contribution is 9.10. The van der Waals surface area contributed by atoms with Crippen molar-refractivity contribution >= 4 is 15.9 Å². The highest BCUT2D eigenvalue weighted by atomic mass is 79.9. The van der Waals surface area contributed by atoms with Crippen molar-refractivity contribution in [1.82, 2.24) is 0 Å². The van der Waals surface area contributed by atoms with Crippen LogP contribution >= 0.6 is 15.9 Å². The summed E-state index contributed by atoms with van der Waals surface area (Å²) in [7, 11) is 0. The minimum Gasteiger partial charge on any atom is -0.192 e. The van der Waals surface area contributed by atoms with E-state index in [1.54, 1.807) is 6.07 Å². The van der Waals surface area contributed by atoms with Gasteiger partial charge >= 0.3 is 0 Å². The summed E-state index contributed by atoms with van der Waals surface area (Å²) in [4.78, 5) is 0. The van der Waals surface area contributed by atoms with Gasteiger partial charge in [-0.15, -0.1) is 0 Å². The quantitative estimate of drug-likeness (QED) is 0.623. The molecule has 0 unspecified atom stereocenters. The number of hydrogen-bond donors (Lipinski definition) is 0. The molecule has 0 spiro atoms. The third-order valence-corrected chi connectivity index (χ3v) is 1.69. The fourth-order valence-corrected chi connectivity index (χ4v) is 1.01. The summed E-state index contributed by atoms with van der Waals surface area (Å²) in [5.41, 5.74) is 1.39. The van der Waals surface area contributed by atoms with Crippen LogP contribution in [0, 0.1) is 18.3 Å². The Balaban J connectivity index is 3.25. The van der Waals surface area contributed by atoms with E-state index in [2.05, 4.69) is 22.9 Å². The van der Waals surface area contributed by atoms with Gasteiger partial charge in [-0.25, -0.2) is 0 Å². The molecule has 0 aliphatic rings. The van der Waals surface area contributed by atoms with Crippen molar-refractivity contribution in [3.63, 3.8) is 0 Å². The Labute approximate surface area is 68.4 Å². The van der Waals surface area contributed by atoms with E-state index in [1.807, 2.05) is 18.2 Å². The topological polar surface area (TPSA) is 23.8 Å². The van der Waals surface area contributed by atoms with E-state index in [9.17, 15) is 0 Å². The Morgan fingerprint density at radius 3 is 2.70 bits per heavy atom. The first-order valence-electron chi connectivity index (χ1n) is 2.75. The normalized spacial score (nSPS) is 8.90. The summed E-state index contributed by atoms with van der Waals surface area (Å²) in [6.45, 7) is 3.69. The molecule has 0 saturated heterocycles. The van der Waals surface area contributed by atoms with Gasteiger partial charge in [0.1, 0.15) is 0 Å². The van der Waals surface area contributed by atoms with Gasteiger partial charge < -0.3 is 0 Å². The van der Waals surface area contributed by atoms with Gasteiger partial charge in [0.2, 0.25) is 0 Å². The maximum atomic E-state index is 8.53. The van der Waals surface area contributed by atoms with Crippen LogP contribution in [-0.2, 0) is 0 Å². The Morgan fingerprint density at radius 1 is 1.50 bits per heavy atom. The SMILES string of the molecule is [CH2]c1ccc(Br)cc1C#N. The number of benzene rings is 1. The van der Waals surface area contributed by atoms with Crippen LogP contribution in [0.4, 0.5) is 0 Å². The predicted octanol–water partition coefficient (Wildman–Crippen LogP) is 2.50. The minimum atomic E-state index is 0.620. The van der Waals surface area contributed by atoms with Gasteiger partial charge in [0.05, 0.1) is 11.6 Å². The standard InChI is InChI=1S/C8H5BrN/c1-6-2-3-8(9)4-7(6)5-10/h2-4H,1H2. The van der Waals surface area contributed by atoms with E-state index in [0.29, 0.717) is 5.56 Å². The lowest BCUT2D eigenvalue weighted by molar-refractivity contribution is 1.45. The summed E-state index contributed by atoms with van der Waals surface area (Å²) in [6, 6.07) is 7.47. The first-order chi connectivity index (χ1) is 4.74. The van der Waals surface area contributed by atoms with Crippen LogP contribution < -0.4 is 0 Å². The van der Waals surface area contributed by atoms with Crippen molar-refractivity contribution in [2.45, 2.75) is 0 Å². The molecular formula is C8H5BrN. The van der Waals surface area contributed by atoms with E-state index < -0.39 is 0 Å². The predicted molar refractivity (Wildman–Crippen MR) is 43.3 cm³/mol. The van der Waals surface area contributed by atoms with E-state index >= 15 is 0 Å². The Hall–Kier alpha value is -0.810. The molecule has 0 amide bonds. The third-order valence-electron chi connectivity index (χ3n) is 1.19. The Morgan fingerprint density at radius 2 is 2.20 bits per heavy atom. The molecule has 49 valence electrons. The van der Waals surface area contributed by atoms with Gasteiger partial charge in [0.25, 0.3) is 0 Å². The van der Waals surface area contributed by atoms with Gasteiger partial charge in [0, 0.05) is 4.47 Å². The monoisotopic (exact) mass is 194 g/mol. The zero-order valence-electron chi connectivity index (χ0n) is 5.26. The second kappa shape index (κ2) is 2.85. The highest BCUT2D eigenvalue weighted by Gasteiger charge is 1.95. The lowest BCUT2D eigenvalue weighted by Crippen LogP contribution is -1.79. The molecular weight excluding hydrogens is 190 g/mol. The third kappa shape index (κ3) is 1.37. The van der Waals surface area contributed by atoms with Gasteiger partial charge in [-0.2, -0.15) is 5.26 Å². The molecule has 0 N–H and O–H groups in total. The van der Waals surface area contributed by atoms with Crippen LogP contribution in [0.1, 0.15) is 11.1 Å². The largest absolute Gasteiger partial charge is 0.192 e. The summed E-state index contributed by atoms with van der Waals surface area (Å²) in [5, 5.41) is 8.53. The average molecular weight is 195 g/mol. The van der Waals surface area contributed by atoms with Crippen molar-refractivity contribution in [2.24, 2.45) is 0 Å². The van der Waals surface area contributed by atoms with Gasteiger partial charge in [-0.3, -0.25) is 0 Å². The Bertz CT molecular complexity index is 286. The summed E-state index contributed by atoms with van der Waals surface area (Å²) >= 11 is 3.26. The van der Waals surface area contributed by atoms with Gasteiger partial charge in [0.15, 0.2) is 0 Å². The molecule has 1 aromatic rings. The maximum absolute atomic E-state index is 8.53. The molecule has 0 aliphatic carbocycles. The second-order valence-electron chi connectivity index (χ2n) is 1.91. The molecule has 0 aliphatic heterocycles. The smallest absolute Gasteiger partial charge is 0.0994 e. The maximum Gasteiger partial charge on any atom is 0.0994 e. The molecule has 1 rings (SSSR count). The lowest BCUT2D eigenvalue weighted by Gasteiger charge is -1.94. The van der Waals surface area contributed by atoms with Gasteiger partial charge in [-0.05, 0) is 24.6 Å². The Kier molecular flexibility index (Phi) is 2.08. The molecule has 0 heterocycles. The zero-order valence-corrected chi connectivity index (χ0v) is 6.85. The van der Waals surface area contributed by atoms with E-state index in [1.165, 1.54) is 0 Å². The fraction of sp³-hybridized carbons (Fsp3) is 0. The van der Waals surface area contributed by atoms with Crippen LogP contribution in [0.2, 0.25) is 0 Å². The number of hydrogen-bond acceptors (Lipinski definition) is 1. The number of nitrogens with zero attached hydrogens (tertiary/aromatic N) is 1. The van der Waals surface area contributed by atoms with Crippen LogP contribution in [-0.4, -0.2) is 0 Å². The minimum absolute atomic E-state index is 0.620. The molecule has 0 bridgehead atoms. The van der Waals surface area contributed by atoms with E-state index in [-0.39, 0.29) is 0 Å². The first kappa shape index (κ1) is 7.30. The number of halogens is 1. The van der Waals surface area contributed by atoms with Crippen molar-refractivity contribution in [1.29, 1.82) is 5.26 Å². The van der Waals surface area contributed by atoms with Crippen molar-refractivity contribution < 1.29 is 0 Å². The van der Waals surface area contributed by atoms with Crippen LogP contribution in [0.5, 0.6) is 0 Å². The highest BCUT2D eigenvalue weighted by Crippen LogP contribution is 2.14. The zero-order chi connectivity index (χ0) is 7.56. The van der Waals surface area contributed by atoms with Crippen LogP contribution in [0.25, 0.3) is 0 Å². The fourth-order valence-electron chi connectivity index (χ4n) is 0.653. The van der Waals surface area contributed by atoms with Crippen LogP contribution in [0.15, 0.2) is 22.7 Å².